The Labute approximate surface area is 117 Å². The molecule has 1 aromatic carbocycles. The number of halogens is 1. The lowest BCUT2D eigenvalue weighted by molar-refractivity contribution is -0.102. The average Bonchev–Trinajstić information content (AvgIpc) is 2.87. The zero-order valence-electron chi connectivity index (χ0n) is 11.5. The molecule has 1 fully saturated rings. The maximum Gasteiger partial charge on any atom is 0.193 e. The van der Waals surface area contributed by atoms with E-state index in [1.165, 1.54) is 24.3 Å². The predicted octanol–water partition coefficient (Wildman–Crippen LogP) is 1.69. The summed E-state index contributed by atoms with van der Waals surface area (Å²) in [4.78, 5) is 12.1. The molecule has 1 aliphatic rings. The summed E-state index contributed by atoms with van der Waals surface area (Å²) in [6.07, 6.45) is -1.25. The molecular formula is C15H19FO4. The van der Waals surface area contributed by atoms with Gasteiger partial charge in [-0.25, -0.2) is 4.39 Å². The van der Waals surface area contributed by atoms with Crippen LogP contribution in [0.3, 0.4) is 0 Å². The van der Waals surface area contributed by atoms with Crippen molar-refractivity contribution in [1.29, 1.82) is 0 Å². The number of benzene rings is 1. The molecule has 2 rings (SSSR count). The van der Waals surface area contributed by atoms with Gasteiger partial charge >= 0.3 is 0 Å². The summed E-state index contributed by atoms with van der Waals surface area (Å²) in [6, 6.07) is 5.02. The van der Waals surface area contributed by atoms with Gasteiger partial charge in [-0.1, -0.05) is 0 Å². The molecule has 110 valence electrons. The van der Waals surface area contributed by atoms with Gasteiger partial charge in [-0.3, -0.25) is 4.79 Å². The van der Waals surface area contributed by atoms with Crippen LogP contribution in [-0.4, -0.2) is 39.9 Å². The van der Waals surface area contributed by atoms with Crippen LogP contribution in [0.15, 0.2) is 24.3 Å². The Balaban J connectivity index is 2.03. The number of ether oxygens (including phenoxy) is 1. The quantitative estimate of drug-likeness (QED) is 0.825. The molecule has 1 aromatic rings. The van der Waals surface area contributed by atoms with Crippen LogP contribution in [0.25, 0.3) is 0 Å². The van der Waals surface area contributed by atoms with Crippen LogP contribution in [0.2, 0.25) is 0 Å². The third-order valence-corrected chi connectivity index (χ3v) is 3.59. The van der Waals surface area contributed by atoms with Gasteiger partial charge in [0.2, 0.25) is 0 Å². The molecule has 0 aromatic heterocycles. The zero-order valence-corrected chi connectivity index (χ0v) is 11.5. The van der Waals surface area contributed by atoms with Crippen LogP contribution in [0, 0.1) is 5.82 Å². The summed E-state index contributed by atoms with van der Waals surface area (Å²) in [6.45, 7) is 3.27. The number of hydrogen-bond donors (Lipinski definition) is 2. The van der Waals surface area contributed by atoms with E-state index in [0.717, 1.165) is 0 Å². The van der Waals surface area contributed by atoms with Gasteiger partial charge in [-0.15, -0.1) is 0 Å². The number of aliphatic hydroxyl groups excluding tert-OH is 1. The fourth-order valence-electron chi connectivity index (χ4n) is 2.37. The van der Waals surface area contributed by atoms with Crippen LogP contribution < -0.4 is 0 Å². The largest absolute Gasteiger partial charge is 0.388 e. The summed E-state index contributed by atoms with van der Waals surface area (Å²) < 4.78 is 18.4. The third-order valence-electron chi connectivity index (χ3n) is 3.59. The Morgan fingerprint density at radius 2 is 1.95 bits per heavy atom. The number of hydrogen-bond acceptors (Lipinski definition) is 4. The SMILES string of the molecule is CC(C)(O)[C@H]1CC[C@@H]([C@@H](O)C(=O)c2ccc(F)cc2)O1. The van der Waals surface area contributed by atoms with Crippen molar-refractivity contribution in [1.82, 2.24) is 0 Å². The number of rotatable bonds is 4. The first kappa shape index (κ1) is 15.1. The predicted molar refractivity (Wildman–Crippen MR) is 70.9 cm³/mol. The van der Waals surface area contributed by atoms with Gasteiger partial charge in [-0.2, -0.15) is 0 Å². The highest BCUT2D eigenvalue weighted by Crippen LogP contribution is 2.30. The summed E-state index contributed by atoms with van der Waals surface area (Å²) in [7, 11) is 0. The van der Waals surface area contributed by atoms with Gasteiger partial charge < -0.3 is 14.9 Å². The fraction of sp³-hybridized carbons (Fsp3) is 0.533. The highest BCUT2D eigenvalue weighted by molar-refractivity contribution is 5.99. The van der Waals surface area contributed by atoms with E-state index in [1.807, 2.05) is 0 Å². The lowest BCUT2D eigenvalue weighted by Gasteiger charge is -2.26. The number of carbonyl (C=O) groups is 1. The zero-order chi connectivity index (χ0) is 14.9. The van der Waals surface area contributed by atoms with E-state index in [2.05, 4.69) is 0 Å². The normalized spacial score (nSPS) is 24.6. The first-order valence-corrected chi connectivity index (χ1v) is 6.64. The lowest BCUT2D eigenvalue weighted by atomic mass is 9.97. The highest BCUT2D eigenvalue weighted by atomic mass is 19.1. The van der Waals surface area contributed by atoms with Crippen molar-refractivity contribution >= 4 is 5.78 Å². The molecular weight excluding hydrogens is 263 g/mol. The monoisotopic (exact) mass is 282 g/mol. The first-order valence-electron chi connectivity index (χ1n) is 6.64. The number of ketones is 1. The van der Waals surface area contributed by atoms with Gasteiger partial charge in [0.1, 0.15) is 11.9 Å². The second kappa shape index (κ2) is 5.60. The van der Waals surface area contributed by atoms with Crippen LogP contribution in [0.4, 0.5) is 4.39 Å². The Bertz CT molecular complexity index is 478. The molecule has 3 atom stereocenters. The molecule has 0 unspecified atom stereocenters. The average molecular weight is 282 g/mol. The Kier molecular flexibility index (Phi) is 4.22. The Morgan fingerprint density at radius 3 is 2.45 bits per heavy atom. The van der Waals surface area contributed by atoms with E-state index in [1.54, 1.807) is 13.8 Å². The Hall–Kier alpha value is -1.30. The fourth-order valence-corrected chi connectivity index (χ4v) is 2.37. The molecule has 0 amide bonds. The minimum Gasteiger partial charge on any atom is -0.388 e. The maximum absolute atomic E-state index is 12.8. The van der Waals surface area contributed by atoms with E-state index in [-0.39, 0.29) is 5.56 Å². The summed E-state index contributed by atoms with van der Waals surface area (Å²) in [5.74, 6) is -0.929. The molecule has 1 saturated heterocycles. The molecule has 20 heavy (non-hydrogen) atoms. The number of Topliss-reactive ketones (excluding diaryl/α,β-unsaturated/α-hetero) is 1. The topological polar surface area (TPSA) is 66.8 Å². The summed E-state index contributed by atoms with van der Waals surface area (Å²) in [5.41, 5.74) is -0.762. The molecule has 1 heterocycles. The van der Waals surface area contributed by atoms with Crippen molar-refractivity contribution in [2.75, 3.05) is 0 Å². The van der Waals surface area contributed by atoms with E-state index in [0.29, 0.717) is 12.8 Å². The molecule has 2 N–H and O–H groups in total. The standard InChI is InChI=1S/C15H19FO4/c1-15(2,19)12-8-7-11(20-12)14(18)13(17)9-3-5-10(16)6-4-9/h3-6,11-12,14,18-19H,7-8H2,1-2H3/t11-,12+,14+/m0/s1. The smallest absolute Gasteiger partial charge is 0.193 e. The molecule has 0 spiro atoms. The molecule has 0 radical (unpaired) electrons. The van der Waals surface area contributed by atoms with Crippen molar-refractivity contribution in [3.05, 3.63) is 35.6 Å². The molecule has 5 heteroatoms. The molecule has 0 bridgehead atoms. The maximum atomic E-state index is 12.8. The van der Waals surface area contributed by atoms with Crippen molar-refractivity contribution in [3.8, 4) is 0 Å². The van der Waals surface area contributed by atoms with Crippen molar-refractivity contribution in [3.63, 3.8) is 0 Å². The Morgan fingerprint density at radius 1 is 1.35 bits per heavy atom. The van der Waals surface area contributed by atoms with Gasteiger partial charge in [-0.05, 0) is 51.0 Å². The molecule has 1 aliphatic heterocycles. The van der Waals surface area contributed by atoms with Crippen LogP contribution >= 0.6 is 0 Å². The van der Waals surface area contributed by atoms with Crippen molar-refractivity contribution < 1.29 is 24.1 Å². The van der Waals surface area contributed by atoms with Gasteiger partial charge in [0, 0.05) is 5.56 Å². The number of carbonyl (C=O) groups excluding carboxylic acids is 1. The van der Waals surface area contributed by atoms with Crippen LogP contribution in [0.5, 0.6) is 0 Å². The van der Waals surface area contributed by atoms with Crippen molar-refractivity contribution in [2.24, 2.45) is 0 Å². The van der Waals surface area contributed by atoms with E-state index >= 15 is 0 Å². The minimum atomic E-state index is -1.30. The van der Waals surface area contributed by atoms with Crippen LogP contribution in [-0.2, 0) is 4.74 Å². The highest BCUT2D eigenvalue weighted by Gasteiger charge is 2.40. The molecule has 0 saturated carbocycles. The number of aliphatic hydroxyl groups is 2. The van der Waals surface area contributed by atoms with Crippen molar-refractivity contribution in [2.45, 2.75) is 50.6 Å². The van der Waals surface area contributed by atoms with Gasteiger partial charge in [0.25, 0.3) is 0 Å². The molecule has 0 aliphatic carbocycles. The summed E-state index contributed by atoms with van der Waals surface area (Å²) in [5, 5.41) is 19.9. The second-order valence-electron chi connectivity index (χ2n) is 5.71. The van der Waals surface area contributed by atoms with E-state index in [4.69, 9.17) is 4.74 Å². The molecule has 4 nitrogen and oxygen atoms in total. The van der Waals surface area contributed by atoms with E-state index < -0.39 is 35.5 Å². The van der Waals surface area contributed by atoms with E-state index in [9.17, 15) is 19.4 Å². The first-order chi connectivity index (χ1) is 9.29. The summed E-state index contributed by atoms with van der Waals surface area (Å²) >= 11 is 0. The third kappa shape index (κ3) is 3.23. The lowest BCUT2D eigenvalue weighted by Crippen LogP contribution is -2.39. The van der Waals surface area contributed by atoms with Crippen LogP contribution in [0.1, 0.15) is 37.0 Å². The van der Waals surface area contributed by atoms with Gasteiger partial charge in [0.15, 0.2) is 5.78 Å². The van der Waals surface area contributed by atoms with Gasteiger partial charge in [0.05, 0.1) is 17.8 Å². The minimum absolute atomic E-state index is 0.245. The second-order valence-corrected chi connectivity index (χ2v) is 5.71.